The van der Waals surface area contributed by atoms with E-state index in [0.29, 0.717) is 0 Å². The van der Waals surface area contributed by atoms with Crippen LogP contribution in [0.1, 0.15) is 116 Å². The highest BCUT2D eigenvalue weighted by Gasteiger charge is 1.95. The van der Waals surface area contributed by atoms with Gasteiger partial charge in [0.2, 0.25) is 0 Å². The summed E-state index contributed by atoms with van der Waals surface area (Å²) in [6.07, 6.45) is 23.2. The SMILES string of the molecule is NCCCCCCCCCCOCCCCOCCCCCCCCCCN. The van der Waals surface area contributed by atoms with Crippen LogP contribution in [0.15, 0.2) is 0 Å². The van der Waals surface area contributed by atoms with Crippen LogP contribution >= 0.6 is 0 Å². The number of nitrogens with two attached hydrogens (primary N) is 2. The Bertz CT molecular complexity index is 239. The molecule has 0 saturated carbocycles. The van der Waals surface area contributed by atoms with Crippen molar-refractivity contribution in [1.82, 2.24) is 0 Å². The molecule has 0 aromatic heterocycles. The van der Waals surface area contributed by atoms with Gasteiger partial charge in [0.1, 0.15) is 0 Å². The van der Waals surface area contributed by atoms with Gasteiger partial charge in [-0.1, -0.05) is 77.0 Å². The van der Waals surface area contributed by atoms with E-state index in [1.807, 2.05) is 0 Å². The molecule has 0 bridgehead atoms. The van der Waals surface area contributed by atoms with E-state index in [4.69, 9.17) is 20.9 Å². The molecule has 0 atom stereocenters. The molecule has 4 nitrogen and oxygen atoms in total. The number of unbranched alkanes of at least 4 members (excludes halogenated alkanes) is 15. The summed E-state index contributed by atoms with van der Waals surface area (Å²) in [6.45, 7) is 5.35. The number of hydrogen-bond donors (Lipinski definition) is 2. The maximum absolute atomic E-state index is 5.72. The molecule has 170 valence electrons. The first-order valence-corrected chi connectivity index (χ1v) is 12.5. The largest absolute Gasteiger partial charge is 0.381 e. The first-order chi connectivity index (χ1) is 13.9. The van der Waals surface area contributed by atoms with E-state index < -0.39 is 0 Å². The minimum atomic E-state index is 0.847. The average molecular weight is 401 g/mol. The lowest BCUT2D eigenvalue weighted by atomic mass is 10.1. The van der Waals surface area contributed by atoms with Crippen molar-refractivity contribution in [1.29, 1.82) is 0 Å². The summed E-state index contributed by atoms with van der Waals surface area (Å²) in [5.41, 5.74) is 11.0. The van der Waals surface area contributed by atoms with Crippen molar-refractivity contribution < 1.29 is 9.47 Å². The number of hydrogen-bond acceptors (Lipinski definition) is 4. The van der Waals surface area contributed by atoms with Gasteiger partial charge in [-0.05, 0) is 51.6 Å². The fraction of sp³-hybridized carbons (Fsp3) is 1.00. The molecule has 0 aliphatic carbocycles. The molecule has 0 aliphatic heterocycles. The van der Waals surface area contributed by atoms with E-state index in [9.17, 15) is 0 Å². The lowest BCUT2D eigenvalue weighted by molar-refractivity contribution is 0.0991. The summed E-state index contributed by atoms with van der Waals surface area (Å²) in [4.78, 5) is 0. The molecule has 4 N–H and O–H groups in total. The standard InChI is InChI=1S/C24H52N2O2/c25-19-13-9-5-1-3-7-11-15-21-27-23-17-18-24-28-22-16-12-8-4-2-6-10-14-20-26/h1-26H2. The lowest BCUT2D eigenvalue weighted by Crippen LogP contribution is -2.01. The third-order valence-electron chi connectivity index (χ3n) is 5.31. The van der Waals surface area contributed by atoms with E-state index in [1.165, 1.54) is 103 Å². The zero-order chi connectivity index (χ0) is 20.4. The van der Waals surface area contributed by atoms with Crippen LogP contribution in [0.25, 0.3) is 0 Å². The maximum Gasteiger partial charge on any atom is 0.0466 e. The Morgan fingerprint density at radius 2 is 0.500 bits per heavy atom. The molecular weight excluding hydrogens is 348 g/mol. The Morgan fingerprint density at radius 3 is 0.786 bits per heavy atom. The van der Waals surface area contributed by atoms with Crippen LogP contribution < -0.4 is 11.5 Å². The molecule has 0 rings (SSSR count). The van der Waals surface area contributed by atoms with Crippen LogP contribution in [0.2, 0.25) is 0 Å². The van der Waals surface area contributed by atoms with Crippen LogP contribution in [0.5, 0.6) is 0 Å². The van der Waals surface area contributed by atoms with Crippen molar-refractivity contribution in [2.75, 3.05) is 39.5 Å². The van der Waals surface area contributed by atoms with Crippen molar-refractivity contribution >= 4 is 0 Å². The van der Waals surface area contributed by atoms with E-state index in [0.717, 1.165) is 52.4 Å². The normalized spacial score (nSPS) is 11.4. The monoisotopic (exact) mass is 400 g/mol. The molecule has 0 radical (unpaired) electrons. The second-order valence-corrected chi connectivity index (χ2v) is 8.17. The summed E-state index contributed by atoms with van der Waals surface area (Å²) in [5, 5.41) is 0. The van der Waals surface area contributed by atoms with Gasteiger partial charge in [0.05, 0.1) is 0 Å². The highest BCUT2D eigenvalue weighted by molar-refractivity contribution is 4.49. The van der Waals surface area contributed by atoms with Gasteiger partial charge in [-0.25, -0.2) is 0 Å². The van der Waals surface area contributed by atoms with Gasteiger partial charge < -0.3 is 20.9 Å². The van der Waals surface area contributed by atoms with E-state index >= 15 is 0 Å². The third-order valence-corrected chi connectivity index (χ3v) is 5.31. The summed E-state index contributed by atoms with van der Waals surface area (Å²) >= 11 is 0. The second-order valence-electron chi connectivity index (χ2n) is 8.17. The van der Waals surface area contributed by atoms with Crippen LogP contribution in [-0.2, 0) is 9.47 Å². The van der Waals surface area contributed by atoms with Gasteiger partial charge in [-0.3, -0.25) is 0 Å². The highest BCUT2D eigenvalue weighted by Crippen LogP contribution is 2.09. The van der Waals surface area contributed by atoms with Gasteiger partial charge in [0.25, 0.3) is 0 Å². The Hall–Kier alpha value is -0.160. The predicted octanol–water partition coefficient (Wildman–Crippen LogP) is 5.96. The van der Waals surface area contributed by atoms with Crippen molar-refractivity contribution in [2.24, 2.45) is 11.5 Å². The van der Waals surface area contributed by atoms with Gasteiger partial charge in [0, 0.05) is 26.4 Å². The maximum atomic E-state index is 5.72. The van der Waals surface area contributed by atoms with Crippen LogP contribution in [0, 0.1) is 0 Å². The quantitative estimate of drug-likeness (QED) is 0.185. The zero-order valence-electron chi connectivity index (χ0n) is 18.9. The Labute approximate surface area is 176 Å². The van der Waals surface area contributed by atoms with Gasteiger partial charge >= 0.3 is 0 Å². The van der Waals surface area contributed by atoms with Crippen molar-refractivity contribution in [2.45, 2.75) is 116 Å². The predicted molar refractivity (Wildman–Crippen MR) is 123 cm³/mol. The molecule has 28 heavy (non-hydrogen) atoms. The molecule has 0 fully saturated rings. The molecule has 0 unspecified atom stereocenters. The molecule has 0 spiro atoms. The molecule has 0 aromatic carbocycles. The zero-order valence-corrected chi connectivity index (χ0v) is 18.9. The smallest absolute Gasteiger partial charge is 0.0466 e. The minimum absolute atomic E-state index is 0.847. The molecule has 0 aliphatic rings. The minimum Gasteiger partial charge on any atom is -0.381 e. The van der Waals surface area contributed by atoms with Crippen LogP contribution in [-0.4, -0.2) is 39.5 Å². The lowest BCUT2D eigenvalue weighted by Gasteiger charge is -2.06. The first-order valence-electron chi connectivity index (χ1n) is 12.5. The topological polar surface area (TPSA) is 70.5 Å². The third kappa shape index (κ3) is 25.8. The van der Waals surface area contributed by atoms with E-state index in [2.05, 4.69) is 0 Å². The van der Waals surface area contributed by atoms with Gasteiger partial charge in [0.15, 0.2) is 0 Å². The molecule has 0 aromatic rings. The number of rotatable bonds is 25. The highest BCUT2D eigenvalue weighted by atomic mass is 16.5. The fourth-order valence-corrected chi connectivity index (χ4v) is 3.43. The van der Waals surface area contributed by atoms with Gasteiger partial charge in [-0.15, -0.1) is 0 Å². The Morgan fingerprint density at radius 1 is 0.286 bits per heavy atom. The summed E-state index contributed by atoms with van der Waals surface area (Å²) in [7, 11) is 0. The van der Waals surface area contributed by atoms with Crippen LogP contribution in [0.4, 0.5) is 0 Å². The van der Waals surface area contributed by atoms with Crippen LogP contribution in [0.3, 0.4) is 0 Å². The summed E-state index contributed by atoms with van der Waals surface area (Å²) < 4.78 is 11.4. The molecule has 0 heterocycles. The molecule has 4 heteroatoms. The van der Waals surface area contributed by atoms with Gasteiger partial charge in [-0.2, -0.15) is 0 Å². The van der Waals surface area contributed by atoms with Crippen molar-refractivity contribution in [3.8, 4) is 0 Å². The van der Waals surface area contributed by atoms with E-state index in [1.54, 1.807) is 0 Å². The Balaban J connectivity index is 2.96. The molecule has 0 saturated heterocycles. The number of ether oxygens (including phenoxy) is 2. The van der Waals surface area contributed by atoms with Crippen molar-refractivity contribution in [3.63, 3.8) is 0 Å². The first kappa shape index (κ1) is 27.8. The molecular formula is C24H52N2O2. The van der Waals surface area contributed by atoms with Crippen molar-refractivity contribution in [3.05, 3.63) is 0 Å². The Kier molecular flexibility index (Phi) is 26.7. The average Bonchev–Trinajstić information content (AvgIpc) is 2.71. The fourth-order valence-electron chi connectivity index (χ4n) is 3.43. The second kappa shape index (κ2) is 26.8. The summed E-state index contributed by atoms with van der Waals surface area (Å²) in [6, 6.07) is 0. The molecule has 0 amide bonds. The van der Waals surface area contributed by atoms with E-state index in [-0.39, 0.29) is 0 Å². The summed E-state index contributed by atoms with van der Waals surface area (Å²) in [5.74, 6) is 0.